The number of ether oxygens (including phenoxy) is 2. The molecule has 0 amide bonds. The molecule has 0 fully saturated rings. The molecule has 0 saturated carbocycles. The monoisotopic (exact) mass is 423 g/mol. The highest BCUT2D eigenvalue weighted by Crippen LogP contribution is 2.37. The normalized spacial score (nSPS) is 13.6. The van der Waals surface area contributed by atoms with Gasteiger partial charge in [0.05, 0.1) is 17.2 Å². The molecule has 2 heterocycles. The number of nitrogens with zero attached hydrogens (tertiary/aromatic N) is 3. The van der Waals surface area contributed by atoms with Gasteiger partial charge in [-0.2, -0.15) is 9.64 Å². The van der Waals surface area contributed by atoms with Gasteiger partial charge in [-0.05, 0) is 56.1 Å². The third-order valence-electron chi connectivity index (χ3n) is 3.73. The largest absolute Gasteiger partial charge is 0.483 e. The van der Waals surface area contributed by atoms with Gasteiger partial charge >= 0.3 is 0 Å². The Bertz CT molecular complexity index is 1060. The molecule has 3 rings (SSSR count). The number of aromatic nitrogens is 1. The van der Waals surface area contributed by atoms with E-state index in [1.165, 1.54) is 11.5 Å². The Kier molecular flexibility index (Phi) is 7.74. The zero-order valence-corrected chi connectivity index (χ0v) is 17.7. The summed E-state index contributed by atoms with van der Waals surface area (Å²) in [6.07, 6.45) is 11.4. The first-order chi connectivity index (χ1) is 14.3. The molecule has 2 aromatic rings. The van der Waals surface area contributed by atoms with Crippen molar-refractivity contribution in [1.82, 2.24) is 4.37 Å². The van der Waals surface area contributed by atoms with Crippen molar-refractivity contribution < 1.29 is 14.4 Å². The van der Waals surface area contributed by atoms with Crippen molar-refractivity contribution in [3.63, 3.8) is 0 Å². The molecule has 1 aliphatic heterocycles. The van der Waals surface area contributed by atoms with Crippen LogP contribution in [-0.4, -0.2) is 21.4 Å². The molecule has 7 nitrogen and oxygen atoms in total. The van der Waals surface area contributed by atoms with E-state index in [-0.39, 0.29) is 11.5 Å². The van der Waals surface area contributed by atoms with Crippen molar-refractivity contribution in [1.29, 1.82) is 5.26 Å². The third kappa shape index (κ3) is 6.47. The van der Waals surface area contributed by atoms with Crippen LogP contribution in [0.2, 0.25) is 0 Å². The van der Waals surface area contributed by atoms with Crippen LogP contribution >= 0.6 is 11.5 Å². The quantitative estimate of drug-likeness (QED) is 0.296. The summed E-state index contributed by atoms with van der Waals surface area (Å²) in [6.45, 7) is 5.77. The van der Waals surface area contributed by atoms with Gasteiger partial charge in [-0.1, -0.05) is 18.9 Å². The van der Waals surface area contributed by atoms with Crippen molar-refractivity contribution in [2.75, 3.05) is 6.54 Å². The van der Waals surface area contributed by atoms with Crippen LogP contribution in [0.1, 0.15) is 43.2 Å². The predicted octanol–water partition coefficient (Wildman–Crippen LogP) is 4.82. The molecule has 8 heteroatoms. The summed E-state index contributed by atoms with van der Waals surface area (Å²) in [7, 11) is 0. The minimum Gasteiger partial charge on any atom is -0.483 e. The number of hydrogen-bond donors (Lipinski definition) is 0. The van der Waals surface area contributed by atoms with E-state index in [4.69, 9.17) is 21.2 Å². The van der Waals surface area contributed by atoms with Crippen LogP contribution in [0.15, 0.2) is 42.5 Å². The molecule has 0 saturated heterocycles. The molecule has 1 aliphatic rings. The van der Waals surface area contributed by atoms with Crippen molar-refractivity contribution in [3.8, 4) is 30.0 Å². The first-order valence-corrected chi connectivity index (χ1v) is 9.89. The highest BCUT2D eigenvalue weighted by Gasteiger charge is 2.28. The summed E-state index contributed by atoms with van der Waals surface area (Å²) >= 11 is 1.21. The lowest BCUT2D eigenvalue weighted by Crippen LogP contribution is -2.29. The average Bonchev–Trinajstić information content (AvgIpc) is 3.15. The molecule has 0 radical (unpaired) electrons. The number of hydrogen-bond acceptors (Lipinski definition) is 7. The molecule has 0 atom stereocenters. The lowest BCUT2D eigenvalue weighted by atomic mass is 9.99. The van der Waals surface area contributed by atoms with Crippen LogP contribution < -0.4 is 9.47 Å². The fraction of sp³-hybridized carbons (Fsp3) is 0.273. The zero-order valence-electron chi connectivity index (χ0n) is 16.9. The second-order valence-corrected chi connectivity index (χ2v) is 7.51. The van der Waals surface area contributed by atoms with Gasteiger partial charge in [0.25, 0.3) is 0 Å². The van der Waals surface area contributed by atoms with Crippen LogP contribution in [0.25, 0.3) is 5.76 Å². The number of terminal acetylenes is 1. The summed E-state index contributed by atoms with van der Waals surface area (Å²) in [5.74, 6) is 4.25. The fourth-order valence-corrected chi connectivity index (χ4v) is 2.97. The number of allylic oxidation sites excluding steroid dienone is 1. The Labute approximate surface area is 179 Å². The van der Waals surface area contributed by atoms with Crippen LogP contribution in [-0.2, 0) is 0 Å². The second kappa shape index (κ2) is 10.2. The minimum atomic E-state index is -0.512. The van der Waals surface area contributed by atoms with Gasteiger partial charge in [-0.25, -0.2) is 0 Å². The number of benzene rings is 1. The predicted molar refractivity (Wildman–Crippen MR) is 116 cm³/mol. The van der Waals surface area contributed by atoms with E-state index in [0.717, 1.165) is 12.0 Å². The van der Waals surface area contributed by atoms with Gasteiger partial charge in [0.1, 0.15) is 22.0 Å². The van der Waals surface area contributed by atoms with E-state index in [1.54, 1.807) is 36.4 Å². The van der Waals surface area contributed by atoms with Crippen molar-refractivity contribution in [2.24, 2.45) is 0 Å². The molecule has 0 bridgehead atoms. The number of nitriles is 1. The molecule has 0 unspecified atom stereocenters. The number of fused-ring (bicyclic) bond motifs is 1. The van der Waals surface area contributed by atoms with E-state index < -0.39 is 5.60 Å². The van der Waals surface area contributed by atoms with Crippen molar-refractivity contribution >= 4 is 17.3 Å². The van der Waals surface area contributed by atoms with Gasteiger partial charge < -0.3 is 9.47 Å². The lowest BCUT2D eigenvalue weighted by Gasteiger charge is -2.30. The van der Waals surface area contributed by atoms with Crippen LogP contribution in [0.5, 0.6) is 11.6 Å². The number of rotatable bonds is 5. The Morgan fingerprint density at radius 1 is 1.40 bits per heavy atom. The summed E-state index contributed by atoms with van der Waals surface area (Å²) in [5, 5.41) is 18.7. The summed E-state index contributed by atoms with van der Waals surface area (Å²) in [6, 6.07) is 9.07. The van der Waals surface area contributed by atoms with E-state index >= 15 is 0 Å². The Morgan fingerprint density at radius 2 is 2.17 bits per heavy atom. The average molecular weight is 423 g/mol. The standard InChI is InChI=1S/C17H12N2O2S.C5H9NO2/c1-4-12-8-16(19-22-12)20-15-9-17(2,3)21-14-6-5-11(10-18)7-13(14)15;1-2-3-4-5-6(7)8/h1,5-9H,2-3H3;3-4H,2,5H2,1H3/b;4-3-. The molecule has 0 aliphatic carbocycles. The van der Waals surface area contributed by atoms with Gasteiger partial charge in [-0.15, -0.1) is 6.42 Å². The molecule has 0 N–H and O–H groups in total. The maximum Gasteiger partial charge on any atom is 0.232 e. The van der Waals surface area contributed by atoms with Gasteiger partial charge in [0.15, 0.2) is 0 Å². The Morgan fingerprint density at radius 3 is 2.77 bits per heavy atom. The second-order valence-electron chi connectivity index (χ2n) is 6.71. The molecular weight excluding hydrogens is 402 g/mol. The van der Waals surface area contributed by atoms with Crippen LogP contribution in [0, 0.1) is 33.8 Å². The van der Waals surface area contributed by atoms with Crippen molar-refractivity contribution in [3.05, 3.63) is 68.6 Å². The summed E-state index contributed by atoms with van der Waals surface area (Å²) in [5.41, 5.74) is 0.759. The molecular formula is C22H21N3O4S. The Hall–Kier alpha value is -3.62. The molecule has 30 heavy (non-hydrogen) atoms. The van der Waals surface area contributed by atoms with Gasteiger partial charge in [0, 0.05) is 17.1 Å². The van der Waals surface area contributed by atoms with Gasteiger partial charge in [0.2, 0.25) is 12.4 Å². The lowest BCUT2D eigenvalue weighted by molar-refractivity contribution is -0.468. The summed E-state index contributed by atoms with van der Waals surface area (Å²) < 4.78 is 15.9. The number of nitro groups is 1. The topological polar surface area (TPSA) is 98.3 Å². The first-order valence-electron chi connectivity index (χ1n) is 9.12. The molecule has 154 valence electrons. The molecule has 1 aromatic heterocycles. The molecule has 1 aromatic carbocycles. The maximum atomic E-state index is 9.63. The minimum absolute atomic E-state index is 0.0478. The highest BCUT2D eigenvalue weighted by atomic mass is 32.1. The smallest absolute Gasteiger partial charge is 0.232 e. The maximum absolute atomic E-state index is 9.63. The van der Waals surface area contributed by atoms with E-state index in [0.29, 0.717) is 27.8 Å². The van der Waals surface area contributed by atoms with Crippen LogP contribution in [0.4, 0.5) is 0 Å². The fourth-order valence-electron chi connectivity index (χ4n) is 2.49. The third-order valence-corrected chi connectivity index (χ3v) is 4.43. The summed E-state index contributed by atoms with van der Waals surface area (Å²) in [4.78, 5) is 9.98. The molecule has 0 spiro atoms. The first kappa shape index (κ1) is 22.7. The van der Waals surface area contributed by atoms with Crippen LogP contribution in [0.3, 0.4) is 0 Å². The Balaban J connectivity index is 0.000000343. The van der Waals surface area contributed by atoms with E-state index in [9.17, 15) is 10.1 Å². The SMILES string of the molecule is C#Cc1cc(OC2=CC(C)(C)Oc3ccc(C#N)cc32)ns1.CC/C=C\C[N+](=O)[O-]. The van der Waals surface area contributed by atoms with Gasteiger partial charge in [-0.3, -0.25) is 10.1 Å². The van der Waals surface area contributed by atoms with Crippen molar-refractivity contribution in [2.45, 2.75) is 32.8 Å². The highest BCUT2D eigenvalue weighted by molar-refractivity contribution is 7.06. The van der Waals surface area contributed by atoms with E-state index in [1.807, 2.05) is 26.8 Å². The van der Waals surface area contributed by atoms with E-state index in [2.05, 4.69) is 16.4 Å². The zero-order chi connectivity index (χ0) is 22.1.